The smallest absolute Gasteiger partial charge is 0.319 e. The molecule has 1 aliphatic heterocycles. The van der Waals surface area contributed by atoms with Gasteiger partial charge < -0.3 is 10.2 Å². The first-order chi connectivity index (χ1) is 16.4. The minimum atomic E-state index is -2.33. The van der Waals surface area contributed by atoms with Gasteiger partial charge in [-0.05, 0) is 37.7 Å². The molecule has 1 unspecified atom stereocenters. The topological polar surface area (TPSA) is 91.7 Å². The number of piperidine rings is 1. The lowest BCUT2D eigenvalue weighted by Crippen LogP contribution is -2.50. The Bertz CT molecular complexity index is 1140. The minimum absolute atomic E-state index is 0.274. The molecule has 0 aromatic carbocycles. The van der Waals surface area contributed by atoms with Gasteiger partial charge in [-0.3, -0.25) is 14.8 Å². The van der Waals surface area contributed by atoms with Gasteiger partial charge in [0, 0.05) is 36.1 Å². The highest BCUT2D eigenvalue weighted by molar-refractivity contribution is 5.94. The average Bonchev–Trinajstić information content (AvgIpc) is 3.24. The molecule has 5 rings (SSSR count). The first-order valence-corrected chi connectivity index (χ1v) is 12.1. The fraction of sp³-hybridized carbons (Fsp3) is 0.583. The molecule has 8 nitrogen and oxygen atoms in total. The predicted octanol–water partition coefficient (Wildman–Crippen LogP) is 5.55. The molecule has 0 bridgehead atoms. The first-order valence-electron chi connectivity index (χ1n) is 12.1. The second-order valence-corrected chi connectivity index (χ2v) is 9.40. The summed E-state index contributed by atoms with van der Waals surface area (Å²) >= 11 is 0. The van der Waals surface area contributed by atoms with Crippen molar-refractivity contribution >= 4 is 22.6 Å². The molecule has 4 heterocycles. The minimum Gasteiger partial charge on any atom is -0.319 e. The van der Waals surface area contributed by atoms with Crippen molar-refractivity contribution in [1.82, 2.24) is 29.9 Å². The van der Waals surface area contributed by atoms with Crippen molar-refractivity contribution in [3.63, 3.8) is 0 Å². The van der Waals surface area contributed by atoms with E-state index in [2.05, 4.69) is 39.4 Å². The van der Waals surface area contributed by atoms with Gasteiger partial charge >= 0.3 is 6.03 Å². The molecular formula is C24H33F2N7O. The van der Waals surface area contributed by atoms with Gasteiger partial charge in [0.1, 0.15) is 5.69 Å². The number of hydrogen-bond acceptors (Lipinski definition) is 4. The maximum Gasteiger partial charge on any atom is 0.322 e. The zero-order valence-corrected chi connectivity index (χ0v) is 20.2. The number of carbonyl (C=O) groups is 1. The van der Waals surface area contributed by atoms with Crippen LogP contribution in [-0.4, -0.2) is 54.4 Å². The lowest BCUT2D eigenvalue weighted by Gasteiger charge is -2.39. The number of pyridine rings is 1. The van der Waals surface area contributed by atoms with E-state index in [-0.39, 0.29) is 6.03 Å². The number of carbonyl (C=O) groups excluding carboxylic acids is 1. The standard InChI is InChI=1S/C22H27F2N7O.C2H6/c1-13(2)12-31-18-7-16(25-9-15(18)10-27-31)19-17(11-26-29-19)28-21(32)30-6-3-14(20(23)24)8-22(30)4-5-22;1-2/h7,9-11,13-14,20H,3-6,8,12H2,1-2H3,(H,26,29)(H,28,32);1-2H3. The summed E-state index contributed by atoms with van der Waals surface area (Å²) < 4.78 is 28.4. The summed E-state index contributed by atoms with van der Waals surface area (Å²) in [5.41, 5.74) is 2.30. The van der Waals surface area contributed by atoms with E-state index in [4.69, 9.17) is 0 Å². The second kappa shape index (κ2) is 9.68. The maximum atomic E-state index is 13.2. The largest absolute Gasteiger partial charge is 0.322 e. The number of H-pyrrole nitrogens is 1. The van der Waals surface area contributed by atoms with Gasteiger partial charge in [-0.2, -0.15) is 10.2 Å². The maximum absolute atomic E-state index is 13.2. The molecule has 0 radical (unpaired) electrons. The SMILES string of the molecule is CC.CC(C)Cn1ncc2cnc(-c3[nH]ncc3NC(=O)N3CCC(C(F)F)CC34CC4)cc21. The molecule has 1 aliphatic carbocycles. The number of hydrogen-bond donors (Lipinski definition) is 2. The fourth-order valence-corrected chi connectivity index (χ4v) is 4.74. The highest BCUT2D eigenvalue weighted by atomic mass is 19.3. The molecule has 2 amide bonds. The van der Waals surface area contributed by atoms with Crippen LogP contribution in [0.25, 0.3) is 22.3 Å². The third kappa shape index (κ3) is 4.63. The van der Waals surface area contributed by atoms with Crippen LogP contribution in [0.15, 0.2) is 24.7 Å². The first kappa shape index (κ1) is 24.1. The number of alkyl halides is 2. The number of rotatable bonds is 5. The van der Waals surface area contributed by atoms with E-state index in [0.717, 1.165) is 30.3 Å². The van der Waals surface area contributed by atoms with Crippen LogP contribution in [0.4, 0.5) is 19.3 Å². The Hall–Kier alpha value is -3.04. The predicted molar refractivity (Wildman–Crippen MR) is 128 cm³/mol. The van der Waals surface area contributed by atoms with Gasteiger partial charge in [0.15, 0.2) is 0 Å². The summed E-state index contributed by atoms with van der Waals surface area (Å²) in [6.45, 7) is 9.40. The third-order valence-corrected chi connectivity index (χ3v) is 6.57. The van der Waals surface area contributed by atoms with E-state index < -0.39 is 17.9 Å². The highest BCUT2D eigenvalue weighted by Gasteiger charge is 2.54. The van der Waals surface area contributed by atoms with Crippen LogP contribution < -0.4 is 5.32 Å². The number of aromatic nitrogens is 5. The Morgan fingerprint density at radius 1 is 1.26 bits per heavy atom. The number of halogens is 2. The Morgan fingerprint density at radius 2 is 2.03 bits per heavy atom. The summed E-state index contributed by atoms with van der Waals surface area (Å²) in [4.78, 5) is 19.3. The number of likely N-dealkylation sites (tertiary alicyclic amines) is 1. The van der Waals surface area contributed by atoms with Crippen LogP contribution in [0.2, 0.25) is 0 Å². The molecule has 184 valence electrons. The number of nitrogens with zero attached hydrogens (tertiary/aromatic N) is 5. The average molecular weight is 474 g/mol. The zero-order chi connectivity index (χ0) is 24.5. The van der Waals surface area contributed by atoms with Crippen LogP contribution in [0.3, 0.4) is 0 Å². The van der Waals surface area contributed by atoms with Crippen molar-refractivity contribution in [1.29, 1.82) is 0 Å². The van der Waals surface area contributed by atoms with Crippen LogP contribution in [0, 0.1) is 11.8 Å². The van der Waals surface area contributed by atoms with Crippen molar-refractivity contribution in [2.24, 2.45) is 11.8 Å². The normalized spacial score (nSPS) is 18.9. The van der Waals surface area contributed by atoms with Gasteiger partial charge in [-0.1, -0.05) is 27.7 Å². The van der Waals surface area contributed by atoms with E-state index in [1.807, 2.05) is 24.6 Å². The van der Waals surface area contributed by atoms with Gasteiger partial charge in [0.2, 0.25) is 6.43 Å². The summed E-state index contributed by atoms with van der Waals surface area (Å²) in [5.74, 6) is -0.182. The summed E-state index contributed by atoms with van der Waals surface area (Å²) in [6.07, 6.45) is 5.02. The molecule has 1 saturated heterocycles. The molecule has 1 atom stereocenters. The van der Waals surface area contributed by atoms with Gasteiger partial charge in [0.05, 0.1) is 29.3 Å². The molecule has 3 aromatic heterocycles. The van der Waals surface area contributed by atoms with Gasteiger partial charge in [0.25, 0.3) is 0 Å². The number of anilines is 1. The van der Waals surface area contributed by atoms with Crippen LogP contribution in [-0.2, 0) is 6.54 Å². The van der Waals surface area contributed by atoms with E-state index in [9.17, 15) is 13.6 Å². The van der Waals surface area contributed by atoms with E-state index in [0.29, 0.717) is 42.4 Å². The Morgan fingerprint density at radius 3 is 2.71 bits per heavy atom. The number of urea groups is 1. The molecule has 2 N–H and O–H groups in total. The Balaban J connectivity index is 0.00000133. The monoisotopic (exact) mass is 473 g/mol. The molecule has 1 saturated carbocycles. The molecule has 2 aliphatic rings. The van der Waals surface area contributed by atoms with Crippen molar-refractivity contribution in [2.45, 2.75) is 71.9 Å². The lowest BCUT2D eigenvalue weighted by molar-refractivity contribution is 0.0174. The zero-order valence-electron chi connectivity index (χ0n) is 20.2. The van der Waals surface area contributed by atoms with Gasteiger partial charge in [-0.15, -0.1) is 0 Å². The van der Waals surface area contributed by atoms with Crippen LogP contribution >= 0.6 is 0 Å². The van der Waals surface area contributed by atoms with Crippen molar-refractivity contribution in [3.8, 4) is 11.4 Å². The van der Waals surface area contributed by atoms with E-state index in [1.54, 1.807) is 23.5 Å². The van der Waals surface area contributed by atoms with E-state index in [1.165, 1.54) is 0 Å². The van der Waals surface area contributed by atoms with Crippen LogP contribution in [0.1, 0.15) is 53.4 Å². The number of nitrogens with one attached hydrogen (secondary N) is 2. The molecule has 1 spiro atoms. The number of aromatic amines is 1. The molecule has 34 heavy (non-hydrogen) atoms. The summed E-state index contributed by atoms with van der Waals surface area (Å²) in [5, 5.41) is 15.4. The molecule has 10 heteroatoms. The van der Waals surface area contributed by atoms with E-state index >= 15 is 0 Å². The Kier molecular flexibility index (Phi) is 6.86. The second-order valence-electron chi connectivity index (χ2n) is 9.40. The Labute approximate surface area is 198 Å². The third-order valence-electron chi connectivity index (χ3n) is 6.57. The molecular weight excluding hydrogens is 440 g/mol. The number of fused-ring (bicyclic) bond motifs is 1. The summed E-state index contributed by atoms with van der Waals surface area (Å²) in [7, 11) is 0. The highest BCUT2D eigenvalue weighted by Crippen LogP contribution is 2.51. The van der Waals surface area contributed by atoms with Crippen molar-refractivity contribution in [2.75, 3.05) is 11.9 Å². The van der Waals surface area contributed by atoms with Crippen molar-refractivity contribution < 1.29 is 13.6 Å². The molecule has 3 aromatic rings. The van der Waals surface area contributed by atoms with Crippen LogP contribution in [0.5, 0.6) is 0 Å². The summed E-state index contributed by atoms with van der Waals surface area (Å²) in [6, 6.07) is 1.66. The quantitative estimate of drug-likeness (QED) is 0.509. The van der Waals surface area contributed by atoms with Crippen molar-refractivity contribution in [3.05, 3.63) is 24.7 Å². The van der Waals surface area contributed by atoms with Gasteiger partial charge in [-0.25, -0.2) is 13.6 Å². The fourth-order valence-electron chi connectivity index (χ4n) is 4.74. The molecule has 2 fully saturated rings. The lowest BCUT2D eigenvalue weighted by atomic mass is 9.89. The number of amides is 2.